The molecule has 2 rings (SSSR count). The number of hydrogen-bond donors (Lipinski definition) is 1. The highest BCUT2D eigenvalue weighted by molar-refractivity contribution is 5.60. The summed E-state index contributed by atoms with van der Waals surface area (Å²) in [6, 6.07) is 2.13. The molecule has 1 saturated heterocycles. The molecule has 2 N–H and O–H groups in total. The Labute approximate surface area is 165 Å². The van der Waals surface area contributed by atoms with Crippen molar-refractivity contribution in [2.24, 2.45) is 10.8 Å². The Hall–Kier alpha value is -2.79. The molecule has 1 aliphatic heterocycles. The first-order chi connectivity index (χ1) is 13.4. The van der Waals surface area contributed by atoms with E-state index in [1.54, 1.807) is 30.3 Å². The van der Waals surface area contributed by atoms with Gasteiger partial charge in [0.25, 0.3) is 0 Å². The maximum atomic E-state index is 11.9. The summed E-state index contributed by atoms with van der Waals surface area (Å²) in [5.41, 5.74) is 5.41. The van der Waals surface area contributed by atoms with Crippen molar-refractivity contribution in [3.8, 4) is 6.07 Å². The fourth-order valence-electron chi connectivity index (χ4n) is 3.34. The zero-order valence-corrected chi connectivity index (χ0v) is 16.3. The molecule has 28 heavy (non-hydrogen) atoms. The number of rotatable bonds is 8. The zero-order chi connectivity index (χ0) is 20.6. The summed E-state index contributed by atoms with van der Waals surface area (Å²) < 4.78 is 16.4. The van der Waals surface area contributed by atoms with E-state index in [1.807, 2.05) is 0 Å². The zero-order valence-electron chi connectivity index (χ0n) is 16.3. The van der Waals surface area contributed by atoms with Crippen LogP contribution in [0, 0.1) is 11.3 Å². The molecule has 0 radical (unpaired) electrons. The Kier molecular flexibility index (Phi) is 7.64. The number of carbonyl (C=O) groups excluding carboxylic acids is 1. The topological polar surface area (TPSA) is 110 Å². The van der Waals surface area contributed by atoms with E-state index in [4.69, 9.17) is 19.9 Å². The monoisotopic (exact) mass is 388 g/mol. The molecular formula is C20H28N4O4. The lowest BCUT2D eigenvalue weighted by atomic mass is 10.0. The van der Waals surface area contributed by atoms with Crippen molar-refractivity contribution >= 4 is 12.4 Å². The molecule has 0 amide bonds. The van der Waals surface area contributed by atoms with Crippen LogP contribution in [-0.2, 0) is 14.2 Å². The van der Waals surface area contributed by atoms with Crippen LogP contribution in [0.25, 0.3) is 0 Å². The summed E-state index contributed by atoms with van der Waals surface area (Å²) in [5, 5.41) is 15.5. The molecule has 2 atom stereocenters. The van der Waals surface area contributed by atoms with Crippen LogP contribution in [0.15, 0.2) is 41.8 Å². The van der Waals surface area contributed by atoms with Crippen molar-refractivity contribution in [1.29, 1.82) is 5.26 Å². The highest BCUT2D eigenvalue weighted by atomic mass is 16.7. The highest BCUT2D eigenvalue weighted by Gasteiger charge is 2.45. The number of nitriles is 1. The largest absolute Gasteiger partial charge is 0.508 e. The van der Waals surface area contributed by atoms with Crippen molar-refractivity contribution < 1.29 is 19.0 Å². The van der Waals surface area contributed by atoms with Gasteiger partial charge in [0.05, 0.1) is 5.70 Å². The molecule has 0 aromatic heterocycles. The third-order valence-electron chi connectivity index (χ3n) is 4.71. The van der Waals surface area contributed by atoms with Crippen molar-refractivity contribution in [2.75, 3.05) is 6.61 Å². The van der Waals surface area contributed by atoms with Gasteiger partial charge in [-0.15, -0.1) is 0 Å². The van der Waals surface area contributed by atoms with E-state index in [0.717, 1.165) is 25.7 Å². The molecule has 2 aliphatic rings. The van der Waals surface area contributed by atoms with Gasteiger partial charge in [-0.25, -0.2) is 9.80 Å². The Morgan fingerprint density at radius 1 is 1.46 bits per heavy atom. The molecule has 0 bridgehead atoms. The first-order valence-electron chi connectivity index (χ1n) is 9.42. The summed E-state index contributed by atoms with van der Waals surface area (Å²) in [5.74, 6) is 0. The van der Waals surface area contributed by atoms with Crippen molar-refractivity contribution in [3.05, 3.63) is 36.7 Å². The number of allylic oxidation sites excluding steroid dienone is 2. The maximum absolute atomic E-state index is 11.9. The second-order valence-corrected chi connectivity index (χ2v) is 6.81. The lowest BCUT2D eigenvalue weighted by molar-refractivity contribution is -0.0969. The number of ether oxygens (including phenoxy) is 3. The van der Waals surface area contributed by atoms with Crippen LogP contribution in [0.2, 0.25) is 0 Å². The summed E-state index contributed by atoms with van der Waals surface area (Å²) in [6.07, 6.45) is 8.07. The van der Waals surface area contributed by atoms with E-state index < -0.39 is 18.0 Å². The molecule has 0 spiro atoms. The van der Waals surface area contributed by atoms with Gasteiger partial charge in [-0.1, -0.05) is 19.2 Å². The van der Waals surface area contributed by atoms with Gasteiger partial charge in [-0.2, -0.15) is 10.4 Å². The van der Waals surface area contributed by atoms with Gasteiger partial charge in [0.2, 0.25) is 0 Å². The van der Waals surface area contributed by atoms with E-state index in [1.165, 1.54) is 0 Å². The fraction of sp³-hybridized carbons (Fsp3) is 0.550. The molecule has 8 nitrogen and oxygen atoms in total. The Bertz CT molecular complexity index is 691. The van der Waals surface area contributed by atoms with Gasteiger partial charge in [-0.05, 0) is 51.5 Å². The molecule has 0 aromatic rings. The number of hydrogen-bond acceptors (Lipinski definition) is 8. The van der Waals surface area contributed by atoms with Gasteiger partial charge < -0.3 is 19.9 Å². The molecule has 1 heterocycles. The van der Waals surface area contributed by atoms with Gasteiger partial charge in [0, 0.05) is 11.9 Å². The molecule has 152 valence electrons. The second kappa shape index (κ2) is 9.95. The third-order valence-corrected chi connectivity index (χ3v) is 4.71. The molecule has 1 saturated carbocycles. The van der Waals surface area contributed by atoms with Crippen LogP contribution in [0.5, 0.6) is 0 Å². The minimum absolute atomic E-state index is 0.0978. The number of nitrogens with zero attached hydrogens (tertiary/aromatic N) is 3. The predicted molar refractivity (Wildman–Crippen MR) is 105 cm³/mol. The van der Waals surface area contributed by atoms with Crippen LogP contribution in [0.3, 0.4) is 0 Å². The van der Waals surface area contributed by atoms with Gasteiger partial charge in [0.1, 0.15) is 18.8 Å². The van der Waals surface area contributed by atoms with Crippen LogP contribution in [-0.4, -0.2) is 41.9 Å². The van der Waals surface area contributed by atoms with Crippen molar-refractivity contribution in [1.82, 2.24) is 5.01 Å². The van der Waals surface area contributed by atoms with Crippen LogP contribution >= 0.6 is 0 Å². The average Bonchev–Trinajstić information content (AvgIpc) is 3.33. The van der Waals surface area contributed by atoms with E-state index >= 15 is 0 Å². The first kappa shape index (κ1) is 21.5. The number of carbonyl (C=O) groups is 1. The van der Waals surface area contributed by atoms with Gasteiger partial charge in [-0.3, -0.25) is 0 Å². The number of nitrogens with two attached hydrogens (primary N) is 1. The quantitative estimate of drug-likeness (QED) is 0.294. The lowest BCUT2D eigenvalue weighted by Crippen LogP contribution is -2.39. The molecule has 8 heteroatoms. The predicted octanol–water partition coefficient (Wildman–Crippen LogP) is 3.33. The third kappa shape index (κ3) is 5.36. The second-order valence-electron chi connectivity index (χ2n) is 6.81. The van der Waals surface area contributed by atoms with Gasteiger partial charge >= 0.3 is 6.16 Å². The Morgan fingerprint density at radius 2 is 2.18 bits per heavy atom. The van der Waals surface area contributed by atoms with Crippen LogP contribution in [0.1, 0.15) is 45.4 Å². The maximum Gasteiger partial charge on any atom is 0.508 e. The summed E-state index contributed by atoms with van der Waals surface area (Å²) in [6.45, 7) is 8.97. The molecular weight excluding hydrogens is 360 g/mol. The molecule has 2 fully saturated rings. The first-order valence-corrected chi connectivity index (χ1v) is 9.42. The lowest BCUT2D eigenvalue weighted by Gasteiger charge is -2.29. The van der Waals surface area contributed by atoms with Crippen molar-refractivity contribution in [3.63, 3.8) is 0 Å². The van der Waals surface area contributed by atoms with E-state index in [0.29, 0.717) is 24.2 Å². The SMILES string of the molecule is C=C/C=C(/C(=C)N)N(/N=C\C)C1CC[C@@](C#N)(COC(=O)OC2CCCC2)O1. The summed E-state index contributed by atoms with van der Waals surface area (Å²) >= 11 is 0. The van der Waals surface area contributed by atoms with Crippen LogP contribution < -0.4 is 5.73 Å². The smallest absolute Gasteiger partial charge is 0.431 e. The normalized spacial score (nSPS) is 25.4. The number of hydrazone groups is 1. The van der Waals surface area contributed by atoms with Crippen molar-refractivity contribution in [2.45, 2.75) is 63.4 Å². The van der Waals surface area contributed by atoms with E-state index in [2.05, 4.69) is 24.3 Å². The Balaban J connectivity index is 2.03. The van der Waals surface area contributed by atoms with E-state index in [9.17, 15) is 10.1 Å². The average molecular weight is 388 g/mol. The van der Waals surface area contributed by atoms with Gasteiger partial charge in [0.15, 0.2) is 11.8 Å². The van der Waals surface area contributed by atoms with Crippen LogP contribution in [0.4, 0.5) is 4.79 Å². The minimum atomic E-state index is -1.27. The molecule has 1 aliphatic carbocycles. The highest BCUT2D eigenvalue weighted by Crippen LogP contribution is 2.34. The summed E-state index contributed by atoms with van der Waals surface area (Å²) in [7, 11) is 0. The molecule has 1 unspecified atom stereocenters. The van der Waals surface area contributed by atoms with E-state index in [-0.39, 0.29) is 12.7 Å². The Morgan fingerprint density at radius 3 is 2.75 bits per heavy atom. The fourth-order valence-corrected chi connectivity index (χ4v) is 3.34. The standard InChI is InChI=1S/C20H28N4O4/c1-4-8-17(15(3)22)24(23-5-2)18-11-12-20(13-21,28-18)14-26-19(25)27-16-9-6-7-10-16/h4-5,8,16,18H,1,3,6-7,9-12,14,22H2,2H3/b17-8-,23-5-/t18?,20-/m1/s1. The minimum Gasteiger partial charge on any atom is -0.431 e. The summed E-state index contributed by atoms with van der Waals surface area (Å²) in [4.78, 5) is 11.9. The molecule has 0 aromatic carbocycles.